The first kappa shape index (κ1) is 24.3. The Bertz CT molecular complexity index is 1160. The van der Waals surface area contributed by atoms with E-state index in [1.54, 1.807) is 25.1 Å². The fourth-order valence-electron chi connectivity index (χ4n) is 4.52. The monoisotopic (exact) mass is 477 g/mol. The van der Waals surface area contributed by atoms with Gasteiger partial charge < -0.3 is 19.5 Å². The molecule has 2 aromatic heterocycles. The average Bonchev–Trinajstić information content (AvgIpc) is 3.64. The van der Waals surface area contributed by atoms with Gasteiger partial charge in [-0.1, -0.05) is 38.0 Å². The largest absolute Gasteiger partial charge is 0.464 e. The molecule has 3 amide bonds. The van der Waals surface area contributed by atoms with Gasteiger partial charge in [0.15, 0.2) is 11.8 Å². The molecule has 0 spiro atoms. The molecule has 1 aliphatic rings. The summed E-state index contributed by atoms with van der Waals surface area (Å²) in [7, 11) is 0. The number of aryl methyl sites for hydroxylation is 2. The number of benzene rings is 1. The summed E-state index contributed by atoms with van der Waals surface area (Å²) in [5.41, 5.74) is 1.51. The van der Waals surface area contributed by atoms with E-state index in [4.69, 9.17) is 8.83 Å². The highest BCUT2D eigenvalue weighted by molar-refractivity contribution is 6.04. The van der Waals surface area contributed by atoms with Gasteiger partial charge in [-0.15, -0.1) is 0 Å². The Labute approximate surface area is 204 Å². The molecule has 35 heavy (non-hydrogen) atoms. The second-order valence-corrected chi connectivity index (χ2v) is 8.75. The number of carbonyl (C=O) groups is 3. The maximum Gasteiger partial charge on any atom is 0.287 e. The lowest BCUT2D eigenvalue weighted by Gasteiger charge is -2.32. The Balaban J connectivity index is 1.70. The molecule has 1 unspecified atom stereocenters. The van der Waals surface area contributed by atoms with Crippen LogP contribution in [0.25, 0.3) is 0 Å². The second kappa shape index (κ2) is 11.1. The van der Waals surface area contributed by atoms with Gasteiger partial charge in [0, 0.05) is 11.7 Å². The van der Waals surface area contributed by atoms with Crippen LogP contribution in [0.3, 0.4) is 0 Å². The lowest BCUT2D eigenvalue weighted by molar-refractivity contribution is -0.127. The molecule has 1 fully saturated rings. The van der Waals surface area contributed by atoms with Crippen LogP contribution in [0.15, 0.2) is 63.6 Å². The van der Waals surface area contributed by atoms with E-state index in [2.05, 4.69) is 10.6 Å². The zero-order valence-electron chi connectivity index (χ0n) is 20.1. The summed E-state index contributed by atoms with van der Waals surface area (Å²) < 4.78 is 11.0. The van der Waals surface area contributed by atoms with Crippen LogP contribution in [0.4, 0.5) is 5.69 Å². The van der Waals surface area contributed by atoms with Crippen molar-refractivity contribution in [3.63, 3.8) is 0 Å². The van der Waals surface area contributed by atoms with Crippen LogP contribution in [0, 0.1) is 6.92 Å². The summed E-state index contributed by atoms with van der Waals surface area (Å²) >= 11 is 0. The first-order valence-electron chi connectivity index (χ1n) is 12.1. The minimum absolute atomic E-state index is 0.0677. The molecule has 8 heteroatoms. The molecule has 1 aliphatic carbocycles. The zero-order chi connectivity index (χ0) is 24.8. The van der Waals surface area contributed by atoms with Crippen molar-refractivity contribution in [3.8, 4) is 0 Å². The van der Waals surface area contributed by atoms with Crippen molar-refractivity contribution in [2.75, 3.05) is 11.4 Å². The predicted molar refractivity (Wildman–Crippen MR) is 131 cm³/mol. The molecule has 1 atom stereocenters. The minimum atomic E-state index is -1.02. The number of nitrogens with zero attached hydrogens (tertiary/aromatic N) is 1. The lowest BCUT2D eigenvalue weighted by atomic mass is 10.0. The van der Waals surface area contributed by atoms with Gasteiger partial charge in [-0.05, 0) is 62.1 Å². The summed E-state index contributed by atoms with van der Waals surface area (Å²) in [6, 6.07) is 13.1. The van der Waals surface area contributed by atoms with Gasteiger partial charge in [-0.25, -0.2) is 0 Å². The van der Waals surface area contributed by atoms with E-state index in [9.17, 15) is 14.4 Å². The number of para-hydroxylation sites is 1. The summed E-state index contributed by atoms with van der Waals surface area (Å²) in [5.74, 6) is -0.131. The third-order valence-electron chi connectivity index (χ3n) is 6.28. The fourth-order valence-corrected chi connectivity index (χ4v) is 4.52. The smallest absolute Gasteiger partial charge is 0.287 e. The molecular formula is C27H31N3O5. The molecule has 0 radical (unpaired) electrons. The highest BCUT2D eigenvalue weighted by Crippen LogP contribution is 2.32. The van der Waals surface area contributed by atoms with Crippen LogP contribution in [0.2, 0.25) is 0 Å². The van der Waals surface area contributed by atoms with Crippen molar-refractivity contribution < 1.29 is 23.2 Å². The molecular weight excluding hydrogens is 446 g/mol. The zero-order valence-corrected chi connectivity index (χ0v) is 20.1. The number of rotatable bonds is 9. The summed E-state index contributed by atoms with van der Waals surface area (Å²) in [6.45, 7) is 3.47. The van der Waals surface area contributed by atoms with Crippen LogP contribution < -0.4 is 15.5 Å². The van der Waals surface area contributed by atoms with Crippen LogP contribution in [0.1, 0.15) is 66.3 Å². The van der Waals surface area contributed by atoms with Crippen molar-refractivity contribution >= 4 is 23.4 Å². The van der Waals surface area contributed by atoms with Crippen molar-refractivity contribution in [2.45, 2.75) is 58.0 Å². The standard InChI is InChI=1S/C27H31N3O5/c1-3-19-9-4-7-12-21(19)30(24(31)17-28-26(32)23-13-8-16-34-23)25(22-15-14-18(2)35-22)27(33)29-20-10-5-6-11-20/h4,7-9,12-16,20,25H,3,5-6,10-11,17H2,1-2H3,(H,28,32)(H,29,33). The number of carbonyl (C=O) groups excluding carboxylic acids is 3. The third kappa shape index (κ3) is 5.65. The van der Waals surface area contributed by atoms with E-state index in [0.29, 0.717) is 23.6 Å². The maximum atomic E-state index is 13.7. The quantitative estimate of drug-likeness (QED) is 0.478. The maximum absolute atomic E-state index is 13.7. The summed E-state index contributed by atoms with van der Waals surface area (Å²) in [4.78, 5) is 41.3. The first-order chi connectivity index (χ1) is 17.0. The van der Waals surface area contributed by atoms with Crippen LogP contribution in [-0.2, 0) is 16.0 Å². The molecule has 1 saturated carbocycles. The topological polar surface area (TPSA) is 105 Å². The highest BCUT2D eigenvalue weighted by Gasteiger charge is 2.37. The Morgan fingerprint density at radius 1 is 1.06 bits per heavy atom. The highest BCUT2D eigenvalue weighted by atomic mass is 16.3. The molecule has 0 saturated heterocycles. The molecule has 0 aliphatic heterocycles. The van der Waals surface area contributed by atoms with E-state index in [-0.39, 0.29) is 24.3 Å². The number of hydrogen-bond acceptors (Lipinski definition) is 5. The molecule has 8 nitrogen and oxygen atoms in total. The second-order valence-electron chi connectivity index (χ2n) is 8.75. The van der Waals surface area contributed by atoms with Gasteiger partial charge in [-0.2, -0.15) is 0 Å². The minimum Gasteiger partial charge on any atom is -0.464 e. The number of furan rings is 2. The Kier molecular flexibility index (Phi) is 7.70. The van der Waals surface area contributed by atoms with Crippen molar-refractivity contribution in [3.05, 3.63) is 77.6 Å². The van der Waals surface area contributed by atoms with Gasteiger partial charge in [0.1, 0.15) is 11.5 Å². The van der Waals surface area contributed by atoms with Gasteiger partial charge in [0.25, 0.3) is 11.8 Å². The van der Waals surface area contributed by atoms with E-state index >= 15 is 0 Å². The van der Waals surface area contributed by atoms with Crippen molar-refractivity contribution in [2.24, 2.45) is 0 Å². The van der Waals surface area contributed by atoms with Crippen LogP contribution >= 0.6 is 0 Å². The molecule has 1 aromatic carbocycles. The first-order valence-corrected chi connectivity index (χ1v) is 12.1. The lowest BCUT2D eigenvalue weighted by Crippen LogP contribution is -2.49. The predicted octanol–water partition coefficient (Wildman–Crippen LogP) is 4.31. The Morgan fingerprint density at radius 3 is 2.49 bits per heavy atom. The summed E-state index contributed by atoms with van der Waals surface area (Å²) in [5, 5.41) is 5.73. The Hall–Kier alpha value is -3.81. The van der Waals surface area contributed by atoms with Gasteiger partial charge in [-0.3, -0.25) is 19.3 Å². The van der Waals surface area contributed by atoms with Gasteiger partial charge >= 0.3 is 0 Å². The average molecular weight is 478 g/mol. The molecule has 2 heterocycles. The van der Waals surface area contributed by atoms with Crippen molar-refractivity contribution in [1.82, 2.24) is 10.6 Å². The Morgan fingerprint density at radius 2 is 1.83 bits per heavy atom. The van der Waals surface area contributed by atoms with Gasteiger partial charge in [0.05, 0.1) is 12.8 Å². The third-order valence-corrected chi connectivity index (χ3v) is 6.28. The molecule has 2 N–H and O–H groups in total. The molecule has 4 rings (SSSR count). The van der Waals surface area contributed by atoms with E-state index in [1.165, 1.54) is 17.2 Å². The number of amides is 3. The van der Waals surface area contributed by atoms with E-state index in [0.717, 1.165) is 31.2 Å². The fraction of sp³-hybridized carbons (Fsp3) is 0.370. The molecule has 3 aromatic rings. The van der Waals surface area contributed by atoms with E-state index < -0.39 is 17.9 Å². The normalized spacial score (nSPS) is 14.5. The van der Waals surface area contributed by atoms with Crippen LogP contribution in [-0.4, -0.2) is 30.3 Å². The summed E-state index contributed by atoms with van der Waals surface area (Å²) in [6.07, 6.45) is 6.00. The number of hydrogen-bond donors (Lipinski definition) is 2. The van der Waals surface area contributed by atoms with Gasteiger partial charge in [0.2, 0.25) is 5.91 Å². The number of anilines is 1. The van der Waals surface area contributed by atoms with Crippen molar-refractivity contribution in [1.29, 1.82) is 0 Å². The van der Waals surface area contributed by atoms with E-state index in [1.807, 2.05) is 31.2 Å². The molecule has 184 valence electrons. The van der Waals surface area contributed by atoms with Crippen LogP contribution in [0.5, 0.6) is 0 Å². The number of nitrogens with one attached hydrogen (secondary N) is 2. The SMILES string of the molecule is CCc1ccccc1N(C(=O)CNC(=O)c1ccco1)C(C(=O)NC1CCCC1)c1ccc(C)o1. The molecule has 0 bridgehead atoms.